The van der Waals surface area contributed by atoms with Gasteiger partial charge in [-0.2, -0.15) is 5.26 Å². The number of aromatic carboxylic acids is 1. The van der Waals surface area contributed by atoms with Crippen LogP contribution in [0.1, 0.15) is 16.1 Å². The second kappa shape index (κ2) is 9.06. The van der Waals surface area contributed by atoms with E-state index in [0.29, 0.717) is 22.0 Å². The Labute approximate surface area is 185 Å². The first-order valence-corrected chi connectivity index (χ1v) is 9.43. The van der Waals surface area contributed by atoms with E-state index in [-0.39, 0.29) is 26.9 Å². The Hall–Kier alpha value is -3.24. The minimum absolute atomic E-state index is 0.0682. The van der Waals surface area contributed by atoms with E-state index in [1.54, 1.807) is 24.3 Å². The highest BCUT2D eigenvalue weighted by atomic mass is 35.5. The number of benzene rings is 2. The highest BCUT2D eigenvalue weighted by Crippen LogP contribution is 2.28. The molecule has 1 amide bonds. The molecule has 0 radical (unpaired) electrons. The molecule has 3 aromatic rings. The van der Waals surface area contributed by atoms with Gasteiger partial charge in [-0.25, -0.2) is 4.79 Å². The van der Waals surface area contributed by atoms with Crippen LogP contribution in [0.4, 0.5) is 5.69 Å². The van der Waals surface area contributed by atoms with E-state index in [9.17, 15) is 20.0 Å². The number of carbonyl (C=O) groups is 2. The summed E-state index contributed by atoms with van der Waals surface area (Å²) in [4.78, 5) is 23.6. The number of nitrogens with one attached hydrogen (secondary N) is 1. The number of anilines is 1. The first-order valence-electron chi connectivity index (χ1n) is 8.29. The van der Waals surface area contributed by atoms with Crippen LogP contribution in [0.2, 0.25) is 15.1 Å². The monoisotopic (exact) mass is 460 g/mol. The first kappa shape index (κ1) is 21.5. The Bertz CT molecular complexity index is 1230. The average Bonchev–Trinajstić information content (AvgIpc) is 3.17. The van der Waals surface area contributed by atoms with Crippen LogP contribution < -0.4 is 5.32 Å². The molecule has 0 saturated carbocycles. The molecule has 0 spiro atoms. The smallest absolute Gasteiger partial charge is 0.337 e. The number of rotatable bonds is 5. The topological polar surface area (TPSA) is 103 Å². The Morgan fingerprint density at radius 3 is 2.40 bits per heavy atom. The zero-order chi connectivity index (χ0) is 21.8. The zero-order valence-corrected chi connectivity index (χ0v) is 17.2. The minimum Gasteiger partial charge on any atom is -0.478 e. The molecule has 0 bridgehead atoms. The van der Waals surface area contributed by atoms with Gasteiger partial charge in [0.05, 0.1) is 20.6 Å². The molecule has 30 heavy (non-hydrogen) atoms. The summed E-state index contributed by atoms with van der Waals surface area (Å²) in [7, 11) is 0. The number of halogens is 3. The van der Waals surface area contributed by atoms with Crippen LogP contribution in [-0.2, 0) is 4.79 Å². The molecule has 0 aliphatic carbocycles. The summed E-state index contributed by atoms with van der Waals surface area (Å²) in [6, 6.07) is 13.9. The number of hydrogen-bond donors (Lipinski definition) is 2. The van der Waals surface area contributed by atoms with Crippen molar-refractivity contribution in [3.8, 4) is 17.4 Å². The third-order valence-electron chi connectivity index (χ3n) is 3.94. The molecular weight excluding hydrogens is 451 g/mol. The second-order valence-electron chi connectivity index (χ2n) is 5.95. The van der Waals surface area contributed by atoms with Crippen molar-refractivity contribution >= 4 is 58.4 Å². The number of hydrogen-bond acceptors (Lipinski definition) is 4. The Morgan fingerprint density at radius 1 is 1.00 bits per heavy atom. The fraction of sp³-hybridized carbons (Fsp3) is 0. The van der Waals surface area contributed by atoms with E-state index < -0.39 is 11.9 Å². The molecule has 0 unspecified atom stereocenters. The van der Waals surface area contributed by atoms with Crippen LogP contribution in [0.15, 0.2) is 58.5 Å². The maximum Gasteiger partial charge on any atom is 0.337 e. The van der Waals surface area contributed by atoms with Gasteiger partial charge in [0.15, 0.2) is 0 Å². The molecular formula is C21H11Cl3N2O4. The van der Waals surface area contributed by atoms with Gasteiger partial charge in [0.25, 0.3) is 5.91 Å². The van der Waals surface area contributed by atoms with E-state index in [1.807, 2.05) is 6.07 Å². The number of furan rings is 1. The quantitative estimate of drug-likeness (QED) is 0.350. The third kappa shape index (κ3) is 4.84. The van der Waals surface area contributed by atoms with Gasteiger partial charge in [-0.05, 0) is 48.5 Å². The molecule has 9 heteroatoms. The number of carbonyl (C=O) groups excluding carboxylic acids is 1. The van der Waals surface area contributed by atoms with Crippen LogP contribution in [-0.4, -0.2) is 17.0 Å². The maximum atomic E-state index is 12.4. The average molecular weight is 462 g/mol. The second-order valence-corrected chi connectivity index (χ2v) is 7.18. The number of carboxylic acids is 1. The molecule has 1 heterocycles. The molecule has 2 aromatic carbocycles. The fourth-order valence-corrected chi connectivity index (χ4v) is 2.99. The van der Waals surface area contributed by atoms with Crippen molar-refractivity contribution in [1.29, 1.82) is 5.26 Å². The summed E-state index contributed by atoms with van der Waals surface area (Å²) in [5, 5.41) is 21.8. The molecule has 2 N–H and O–H groups in total. The van der Waals surface area contributed by atoms with Gasteiger partial charge < -0.3 is 14.8 Å². The summed E-state index contributed by atoms with van der Waals surface area (Å²) in [6.45, 7) is 0. The summed E-state index contributed by atoms with van der Waals surface area (Å²) in [6.07, 6.45) is 1.27. The van der Waals surface area contributed by atoms with Crippen molar-refractivity contribution < 1.29 is 19.1 Å². The Morgan fingerprint density at radius 2 is 1.73 bits per heavy atom. The van der Waals surface area contributed by atoms with Gasteiger partial charge in [-0.15, -0.1) is 0 Å². The van der Waals surface area contributed by atoms with Crippen molar-refractivity contribution in [1.82, 2.24) is 0 Å². The van der Waals surface area contributed by atoms with E-state index in [2.05, 4.69) is 5.32 Å². The van der Waals surface area contributed by atoms with Crippen LogP contribution >= 0.6 is 34.8 Å². The molecule has 1 aromatic heterocycles. The van der Waals surface area contributed by atoms with Crippen molar-refractivity contribution in [2.24, 2.45) is 0 Å². The molecule has 0 aliphatic rings. The number of nitrogens with zero attached hydrogens (tertiary/aromatic N) is 1. The van der Waals surface area contributed by atoms with Gasteiger partial charge in [0.2, 0.25) is 0 Å². The largest absolute Gasteiger partial charge is 0.478 e. The molecule has 0 fully saturated rings. The zero-order valence-electron chi connectivity index (χ0n) is 14.9. The van der Waals surface area contributed by atoms with E-state index >= 15 is 0 Å². The predicted octanol–water partition coefficient (Wildman–Crippen LogP) is 6.15. The molecule has 0 atom stereocenters. The molecule has 150 valence electrons. The standard InChI is InChI=1S/C21H11Cl3N2O4/c22-16-4-1-11(8-15(16)21(28)29)19-6-3-14(30-19)7-12(10-25)20(27)26-13-2-5-17(23)18(24)9-13/h1-9H,(H,26,27)(H,28,29)/b12-7+. The highest BCUT2D eigenvalue weighted by molar-refractivity contribution is 6.42. The minimum atomic E-state index is -1.17. The van der Waals surface area contributed by atoms with Crippen molar-refractivity contribution in [2.45, 2.75) is 0 Å². The Balaban J connectivity index is 1.84. The van der Waals surface area contributed by atoms with Gasteiger partial charge in [0, 0.05) is 17.3 Å². The van der Waals surface area contributed by atoms with Crippen LogP contribution in [0.25, 0.3) is 17.4 Å². The number of amides is 1. The van der Waals surface area contributed by atoms with E-state index in [0.717, 1.165) is 0 Å². The lowest BCUT2D eigenvalue weighted by molar-refractivity contribution is -0.112. The lowest BCUT2D eigenvalue weighted by Crippen LogP contribution is -2.13. The van der Waals surface area contributed by atoms with Crippen molar-refractivity contribution in [3.63, 3.8) is 0 Å². The van der Waals surface area contributed by atoms with Crippen LogP contribution in [0.3, 0.4) is 0 Å². The Kier molecular flexibility index (Phi) is 6.48. The predicted molar refractivity (Wildman–Crippen MR) is 115 cm³/mol. The fourth-order valence-electron chi connectivity index (χ4n) is 2.49. The van der Waals surface area contributed by atoms with Gasteiger partial charge in [-0.3, -0.25) is 4.79 Å². The maximum absolute atomic E-state index is 12.4. The highest BCUT2D eigenvalue weighted by Gasteiger charge is 2.14. The molecule has 3 rings (SSSR count). The molecule has 0 aliphatic heterocycles. The summed E-state index contributed by atoms with van der Waals surface area (Å²) < 4.78 is 5.63. The van der Waals surface area contributed by atoms with E-state index in [4.69, 9.17) is 39.2 Å². The summed E-state index contributed by atoms with van der Waals surface area (Å²) >= 11 is 17.6. The van der Waals surface area contributed by atoms with Gasteiger partial charge >= 0.3 is 5.97 Å². The first-order chi connectivity index (χ1) is 14.3. The molecule has 6 nitrogen and oxygen atoms in total. The number of nitriles is 1. The van der Waals surface area contributed by atoms with Gasteiger partial charge in [0.1, 0.15) is 23.2 Å². The summed E-state index contributed by atoms with van der Waals surface area (Å²) in [5.74, 6) is -1.24. The summed E-state index contributed by atoms with van der Waals surface area (Å²) in [5.41, 5.74) is 0.582. The van der Waals surface area contributed by atoms with E-state index in [1.165, 1.54) is 30.3 Å². The normalized spacial score (nSPS) is 11.1. The van der Waals surface area contributed by atoms with Crippen LogP contribution in [0, 0.1) is 11.3 Å². The molecule has 0 saturated heterocycles. The lowest BCUT2D eigenvalue weighted by atomic mass is 10.1. The number of carboxylic acid groups (broad SMARTS) is 1. The van der Waals surface area contributed by atoms with Crippen LogP contribution in [0.5, 0.6) is 0 Å². The van der Waals surface area contributed by atoms with Gasteiger partial charge in [-0.1, -0.05) is 34.8 Å². The third-order valence-corrected chi connectivity index (χ3v) is 5.01. The van der Waals surface area contributed by atoms with Crippen molar-refractivity contribution in [2.75, 3.05) is 5.32 Å². The van der Waals surface area contributed by atoms with Crippen molar-refractivity contribution in [3.05, 3.63) is 80.5 Å². The SMILES string of the molecule is N#C/C(=C\c1ccc(-c2ccc(Cl)c(C(=O)O)c2)o1)C(=O)Nc1ccc(Cl)c(Cl)c1. The lowest BCUT2D eigenvalue weighted by Gasteiger charge is -2.05.